The molecule has 0 bridgehead atoms. The molecule has 1 aromatic heterocycles. The van der Waals surface area contributed by atoms with E-state index in [1.807, 2.05) is 36.4 Å². The van der Waals surface area contributed by atoms with Gasteiger partial charge in [-0.15, -0.1) is 0 Å². The largest absolute Gasteiger partial charge is 0.481 e. The van der Waals surface area contributed by atoms with E-state index in [0.717, 1.165) is 15.4 Å². The zero-order valence-electron chi connectivity index (χ0n) is 10.3. The molecule has 3 rings (SSSR count). The Hall–Kier alpha value is -2.14. The monoisotopic (exact) mass is 331 g/mol. The molecule has 4 nitrogen and oxygen atoms in total. The average molecular weight is 332 g/mol. The zero-order chi connectivity index (χ0) is 14.1. The highest BCUT2D eigenvalue weighted by Crippen LogP contribution is 2.31. The van der Waals surface area contributed by atoms with Crippen molar-refractivity contribution in [2.75, 3.05) is 0 Å². The third-order valence-corrected chi connectivity index (χ3v) is 3.57. The van der Waals surface area contributed by atoms with Crippen LogP contribution in [0.5, 0.6) is 0 Å². The first-order valence-electron chi connectivity index (χ1n) is 6.00. The third-order valence-electron chi connectivity index (χ3n) is 3.04. The van der Waals surface area contributed by atoms with E-state index in [2.05, 4.69) is 21.1 Å². The summed E-state index contributed by atoms with van der Waals surface area (Å²) in [5.41, 5.74) is 2.16. The second-order valence-corrected chi connectivity index (χ2v) is 5.32. The van der Waals surface area contributed by atoms with E-state index in [1.54, 1.807) is 6.07 Å². The number of nitrogens with zero attached hydrogens (tertiary/aromatic N) is 1. The minimum absolute atomic E-state index is 0.0658. The van der Waals surface area contributed by atoms with Crippen molar-refractivity contribution in [1.82, 2.24) is 5.16 Å². The quantitative estimate of drug-likeness (QED) is 0.790. The molecular formula is C15H10BrNO3. The lowest BCUT2D eigenvalue weighted by atomic mass is 10.0. The number of carboxylic acids is 1. The van der Waals surface area contributed by atoms with Crippen LogP contribution in [0.25, 0.3) is 22.2 Å². The van der Waals surface area contributed by atoms with Crippen LogP contribution in [0.3, 0.4) is 0 Å². The Morgan fingerprint density at radius 3 is 2.65 bits per heavy atom. The van der Waals surface area contributed by atoms with Crippen molar-refractivity contribution in [2.45, 2.75) is 6.42 Å². The lowest BCUT2D eigenvalue weighted by Gasteiger charge is -1.99. The summed E-state index contributed by atoms with van der Waals surface area (Å²) < 4.78 is 6.39. The SMILES string of the molecule is O=C(O)Cc1cccc2c(-c3ccc(Br)cc3)onc12. The molecular weight excluding hydrogens is 322 g/mol. The first-order valence-corrected chi connectivity index (χ1v) is 6.79. The Morgan fingerprint density at radius 1 is 1.20 bits per heavy atom. The zero-order valence-corrected chi connectivity index (χ0v) is 11.9. The normalized spacial score (nSPS) is 10.8. The molecule has 0 spiro atoms. The van der Waals surface area contributed by atoms with Crippen LogP contribution >= 0.6 is 15.9 Å². The van der Waals surface area contributed by atoms with Crippen LogP contribution in [0.2, 0.25) is 0 Å². The fourth-order valence-corrected chi connectivity index (χ4v) is 2.40. The minimum Gasteiger partial charge on any atom is -0.481 e. The second kappa shape index (κ2) is 5.09. The number of aliphatic carboxylic acids is 1. The average Bonchev–Trinajstić information content (AvgIpc) is 2.84. The molecule has 0 radical (unpaired) electrons. The van der Waals surface area contributed by atoms with Gasteiger partial charge in [-0.1, -0.05) is 33.2 Å². The first-order chi connectivity index (χ1) is 9.65. The van der Waals surface area contributed by atoms with Gasteiger partial charge in [-0.3, -0.25) is 4.79 Å². The van der Waals surface area contributed by atoms with Gasteiger partial charge in [0.15, 0.2) is 5.76 Å². The second-order valence-electron chi connectivity index (χ2n) is 4.40. The van der Waals surface area contributed by atoms with Crippen LogP contribution in [-0.4, -0.2) is 16.2 Å². The summed E-state index contributed by atoms with van der Waals surface area (Å²) in [4.78, 5) is 10.9. The first kappa shape index (κ1) is 12.9. The van der Waals surface area contributed by atoms with E-state index in [1.165, 1.54) is 0 Å². The summed E-state index contributed by atoms with van der Waals surface area (Å²) >= 11 is 3.39. The summed E-state index contributed by atoms with van der Waals surface area (Å²) in [6, 6.07) is 13.1. The molecule has 100 valence electrons. The molecule has 0 fully saturated rings. The van der Waals surface area contributed by atoms with E-state index >= 15 is 0 Å². The number of hydrogen-bond acceptors (Lipinski definition) is 3. The van der Waals surface area contributed by atoms with Gasteiger partial charge in [0.25, 0.3) is 0 Å². The number of rotatable bonds is 3. The predicted octanol–water partition coefficient (Wildman–Crippen LogP) is 3.88. The van der Waals surface area contributed by atoms with Gasteiger partial charge in [0.1, 0.15) is 5.52 Å². The summed E-state index contributed by atoms with van der Waals surface area (Å²) in [6.07, 6.45) is -0.0658. The van der Waals surface area contributed by atoms with Crippen molar-refractivity contribution in [3.05, 3.63) is 52.5 Å². The molecule has 0 atom stereocenters. The van der Waals surface area contributed by atoms with Crippen molar-refractivity contribution >= 4 is 32.8 Å². The molecule has 0 aliphatic carbocycles. The molecule has 1 heterocycles. The highest BCUT2D eigenvalue weighted by atomic mass is 79.9. The molecule has 20 heavy (non-hydrogen) atoms. The van der Waals surface area contributed by atoms with Gasteiger partial charge < -0.3 is 9.63 Å². The Balaban J connectivity index is 2.14. The topological polar surface area (TPSA) is 63.3 Å². The molecule has 0 amide bonds. The fourth-order valence-electron chi connectivity index (χ4n) is 2.14. The fraction of sp³-hybridized carbons (Fsp3) is 0.0667. The van der Waals surface area contributed by atoms with Gasteiger partial charge in [-0.05, 0) is 35.9 Å². The molecule has 0 saturated carbocycles. The van der Waals surface area contributed by atoms with E-state index < -0.39 is 5.97 Å². The van der Waals surface area contributed by atoms with Crippen molar-refractivity contribution in [2.24, 2.45) is 0 Å². The van der Waals surface area contributed by atoms with Crippen LogP contribution in [-0.2, 0) is 11.2 Å². The van der Waals surface area contributed by atoms with Crippen molar-refractivity contribution < 1.29 is 14.4 Å². The Bertz CT molecular complexity index is 777. The minimum atomic E-state index is -0.884. The maximum atomic E-state index is 10.9. The van der Waals surface area contributed by atoms with E-state index in [-0.39, 0.29) is 6.42 Å². The molecule has 2 aromatic carbocycles. The number of fused-ring (bicyclic) bond motifs is 1. The number of carboxylic acid groups (broad SMARTS) is 1. The molecule has 0 unspecified atom stereocenters. The van der Waals surface area contributed by atoms with Crippen molar-refractivity contribution in [3.8, 4) is 11.3 Å². The standard InChI is InChI=1S/C15H10BrNO3/c16-11-6-4-9(5-7-11)15-12-3-1-2-10(8-13(18)19)14(12)17-20-15/h1-7H,8H2,(H,18,19). The maximum absolute atomic E-state index is 10.9. The Kier molecular flexibility index (Phi) is 3.28. The number of hydrogen-bond donors (Lipinski definition) is 1. The molecule has 3 aromatic rings. The Labute approximate surface area is 123 Å². The van der Waals surface area contributed by atoms with E-state index in [9.17, 15) is 4.79 Å². The van der Waals surface area contributed by atoms with E-state index in [4.69, 9.17) is 9.63 Å². The van der Waals surface area contributed by atoms with Crippen molar-refractivity contribution in [3.63, 3.8) is 0 Å². The molecule has 5 heteroatoms. The summed E-state index contributed by atoms with van der Waals surface area (Å²) in [5.74, 6) is -0.231. The molecule has 0 saturated heterocycles. The van der Waals surface area contributed by atoms with Crippen LogP contribution in [0.4, 0.5) is 0 Å². The van der Waals surface area contributed by atoms with Gasteiger partial charge in [-0.25, -0.2) is 0 Å². The smallest absolute Gasteiger partial charge is 0.307 e. The van der Waals surface area contributed by atoms with Crippen molar-refractivity contribution in [1.29, 1.82) is 0 Å². The van der Waals surface area contributed by atoms with Gasteiger partial charge >= 0.3 is 5.97 Å². The highest BCUT2D eigenvalue weighted by molar-refractivity contribution is 9.10. The third kappa shape index (κ3) is 2.32. The van der Waals surface area contributed by atoms with Gasteiger partial charge in [0.05, 0.1) is 11.8 Å². The summed E-state index contributed by atoms with van der Waals surface area (Å²) in [6.45, 7) is 0. The van der Waals surface area contributed by atoms with Crippen LogP contribution in [0.15, 0.2) is 51.5 Å². The van der Waals surface area contributed by atoms with E-state index in [0.29, 0.717) is 16.8 Å². The van der Waals surface area contributed by atoms with Gasteiger partial charge in [-0.2, -0.15) is 0 Å². The Morgan fingerprint density at radius 2 is 1.95 bits per heavy atom. The lowest BCUT2D eigenvalue weighted by molar-refractivity contribution is -0.136. The molecule has 0 aliphatic rings. The molecule has 1 N–H and O–H groups in total. The summed E-state index contributed by atoms with van der Waals surface area (Å²) in [7, 11) is 0. The predicted molar refractivity (Wildman–Crippen MR) is 78.5 cm³/mol. The number of aromatic nitrogens is 1. The maximum Gasteiger partial charge on any atom is 0.307 e. The number of halogens is 1. The van der Waals surface area contributed by atoms with Crippen LogP contribution in [0.1, 0.15) is 5.56 Å². The number of carbonyl (C=O) groups is 1. The van der Waals surface area contributed by atoms with Gasteiger partial charge in [0, 0.05) is 10.0 Å². The van der Waals surface area contributed by atoms with Crippen LogP contribution < -0.4 is 0 Å². The molecule has 0 aliphatic heterocycles. The lowest BCUT2D eigenvalue weighted by Crippen LogP contribution is -2.00. The number of benzene rings is 2. The highest BCUT2D eigenvalue weighted by Gasteiger charge is 2.14. The van der Waals surface area contributed by atoms with Crippen LogP contribution in [0, 0.1) is 0 Å². The van der Waals surface area contributed by atoms with Gasteiger partial charge in [0.2, 0.25) is 0 Å². The summed E-state index contributed by atoms with van der Waals surface area (Å²) in [5, 5.41) is 13.8.